The van der Waals surface area contributed by atoms with Crippen LogP contribution in [0.1, 0.15) is 18.4 Å². The molecule has 19 heavy (non-hydrogen) atoms. The van der Waals surface area contributed by atoms with Crippen molar-refractivity contribution >= 4 is 28.6 Å². The van der Waals surface area contributed by atoms with E-state index in [1.54, 1.807) is 11.3 Å². The summed E-state index contributed by atoms with van der Waals surface area (Å²) in [6.45, 7) is 0.809. The van der Waals surface area contributed by atoms with Crippen LogP contribution in [0.15, 0.2) is 41.1 Å². The second-order valence-electron chi connectivity index (χ2n) is 4.83. The molecule has 3 rings (SSSR count). The Morgan fingerprint density at radius 1 is 1.26 bits per heavy atom. The van der Waals surface area contributed by atoms with Crippen molar-refractivity contribution in [2.24, 2.45) is 5.92 Å². The largest absolute Gasteiger partial charge is 0.381 e. The highest BCUT2D eigenvalue weighted by Gasteiger charge is 2.29. The molecule has 3 nitrogen and oxygen atoms in total. The van der Waals surface area contributed by atoms with Gasteiger partial charge in [-0.25, -0.2) is 0 Å². The van der Waals surface area contributed by atoms with E-state index in [-0.39, 0.29) is 11.8 Å². The fraction of sp³-hybridized carbons (Fsp3) is 0.267. The maximum Gasteiger partial charge on any atom is 0.227 e. The van der Waals surface area contributed by atoms with E-state index in [2.05, 4.69) is 27.5 Å². The van der Waals surface area contributed by atoms with Gasteiger partial charge < -0.3 is 10.6 Å². The van der Waals surface area contributed by atoms with E-state index in [9.17, 15) is 4.79 Å². The van der Waals surface area contributed by atoms with Crippen LogP contribution >= 0.6 is 11.3 Å². The smallest absolute Gasteiger partial charge is 0.227 e. The standard InChI is InChI=1S/C15H16N2OS/c18-15(12-4-5-12)17-14-3-1-2-13(8-14)16-9-11-6-7-19-10-11/h1-3,6-8,10,12,16H,4-5,9H2,(H,17,18). The third-order valence-corrected chi connectivity index (χ3v) is 3.89. The van der Waals surface area contributed by atoms with Gasteiger partial charge in [-0.05, 0) is 53.4 Å². The monoisotopic (exact) mass is 272 g/mol. The number of carbonyl (C=O) groups excluding carboxylic acids is 1. The zero-order chi connectivity index (χ0) is 13.1. The number of hydrogen-bond donors (Lipinski definition) is 2. The quantitative estimate of drug-likeness (QED) is 0.871. The summed E-state index contributed by atoms with van der Waals surface area (Å²) >= 11 is 1.70. The molecule has 1 aliphatic rings. The maximum absolute atomic E-state index is 11.7. The topological polar surface area (TPSA) is 41.1 Å². The van der Waals surface area contributed by atoms with Crippen molar-refractivity contribution in [3.63, 3.8) is 0 Å². The highest BCUT2D eigenvalue weighted by atomic mass is 32.1. The van der Waals surface area contributed by atoms with E-state index < -0.39 is 0 Å². The first-order chi connectivity index (χ1) is 9.31. The van der Waals surface area contributed by atoms with Gasteiger partial charge in [0, 0.05) is 23.8 Å². The second kappa shape index (κ2) is 5.45. The van der Waals surface area contributed by atoms with Gasteiger partial charge in [0.1, 0.15) is 0 Å². The predicted molar refractivity (Wildman–Crippen MR) is 79.4 cm³/mol. The first-order valence-corrected chi connectivity index (χ1v) is 7.41. The fourth-order valence-corrected chi connectivity index (χ4v) is 2.56. The molecular weight excluding hydrogens is 256 g/mol. The summed E-state index contributed by atoms with van der Waals surface area (Å²) in [6.07, 6.45) is 2.06. The summed E-state index contributed by atoms with van der Waals surface area (Å²) < 4.78 is 0. The Morgan fingerprint density at radius 3 is 2.84 bits per heavy atom. The number of hydrogen-bond acceptors (Lipinski definition) is 3. The molecule has 98 valence electrons. The van der Waals surface area contributed by atoms with Crippen LogP contribution in [0.3, 0.4) is 0 Å². The van der Waals surface area contributed by atoms with Crippen molar-refractivity contribution in [3.05, 3.63) is 46.7 Å². The molecule has 0 unspecified atom stereocenters. The number of rotatable bonds is 5. The third-order valence-electron chi connectivity index (χ3n) is 3.15. The minimum absolute atomic E-state index is 0.148. The van der Waals surface area contributed by atoms with Crippen LogP contribution < -0.4 is 10.6 Å². The molecule has 0 spiro atoms. The Hall–Kier alpha value is -1.81. The van der Waals surface area contributed by atoms with Crippen molar-refractivity contribution in [1.82, 2.24) is 0 Å². The summed E-state index contributed by atoms with van der Waals surface area (Å²) in [4.78, 5) is 11.7. The molecule has 4 heteroatoms. The number of thiophene rings is 1. The van der Waals surface area contributed by atoms with E-state index in [4.69, 9.17) is 0 Å². The first kappa shape index (κ1) is 12.2. The number of benzene rings is 1. The van der Waals surface area contributed by atoms with Crippen LogP contribution in [0.5, 0.6) is 0 Å². The molecule has 1 heterocycles. The van der Waals surface area contributed by atoms with Crippen LogP contribution in [-0.4, -0.2) is 5.91 Å². The predicted octanol–water partition coefficient (Wildman–Crippen LogP) is 3.71. The van der Waals surface area contributed by atoms with E-state index in [0.717, 1.165) is 30.8 Å². The Bertz CT molecular complexity index is 561. The van der Waals surface area contributed by atoms with Crippen LogP contribution in [-0.2, 0) is 11.3 Å². The molecule has 1 aromatic carbocycles. The van der Waals surface area contributed by atoms with Crippen LogP contribution in [0.4, 0.5) is 11.4 Å². The average molecular weight is 272 g/mol. The Balaban J connectivity index is 1.60. The number of carbonyl (C=O) groups is 1. The summed E-state index contributed by atoms with van der Waals surface area (Å²) in [7, 11) is 0. The lowest BCUT2D eigenvalue weighted by Crippen LogP contribution is -2.13. The Labute approximate surface area is 116 Å². The molecule has 1 saturated carbocycles. The minimum Gasteiger partial charge on any atom is -0.381 e. The lowest BCUT2D eigenvalue weighted by Gasteiger charge is -2.08. The maximum atomic E-state index is 11.7. The molecule has 1 amide bonds. The van der Waals surface area contributed by atoms with Gasteiger partial charge in [-0.3, -0.25) is 4.79 Å². The van der Waals surface area contributed by atoms with Crippen molar-refractivity contribution in [3.8, 4) is 0 Å². The second-order valence-corrected chi connectivity index (χ2v) is 5.61. The lowest BCUT2D eigenvalue weighted by atomic mass is 10.2. The van der Waals surface area contributed by atoms with Crippen LogP contribution in [0, 0.1) is 5.92 Å². The number of amides is 1. The summed E-state index contributed by atoms with van der Waals surface area (Å²) in [5.74, 6) is 0.386. The minimum atomic E-state index is 0.148. The van der Waals surface area contributed by atoms with E-state index in [1.165, 1.54) is 5.56 Å². The van der Waals surface area contributed by atoms with Gasteiger partial charge in [-0.15, -0.1) is 0 Å². The molecule has 2 aromatic rings. The van der Waals surface area contributed by atoms with E-state index in [1.807, 2.05) is 24.3 Å². The van der Waals surface area contributed by atoms with Crippen molar-refractivity contribution < 1.29 is 4.79 Å². The molecule has 1 aliphatic carbocycles. The summed E-state index contributed by atoms with van der Waals surface area (Å²) in [6, 6.07) is 9.98. The molecule has 2 N–H and O–H groups in total. The molecule has 1 aromatic heterocycles. The number of anilines is 2. The average Bonchev–Trinajstić information content (AvgIpc) is 3.14. The van der Waals surface area contributed by atoms with Crippen molar-refractivity contribution in [2.75, 3.05) is 10.6 Å². The normalized spacial score (nSPS) is 14.1. The molecule has 0 saturated heterocycles. The molecule has 0 atom stereocenters. The Kier molecular flexibility index (Phi) is 3.51. The molecule has 0 bridgehead atoms. The SMILES string of the molecule is O=C(Nc1cccc(NCc2ccsc2)c1)C1CC1. The van der Waals surface area contributed by atoms with E-state index in [0.29, 0.717) is 0 Å². The van der Waals surface area contributed by atoms with Gasteiger partial charge in [0.15, 0.2) is 0 Å². The zero-order valence-electron chi connectivity index (χ0n) is 10.6. The van der Waals surface area contributed by atoms with Gasteiger partial charge in [-0.2, -0.15) is 11.3 Å². The molecular formula is C15H16N2OS. The Morgan fingerprint density at radius 2 is 2.11 bits per heavy atom. The van der Waals surface area contributed by atoms with Gasteiger partial charge in [0.2, 0.25) is 5.91 Å². The van der Waals surface area contributed by atoms with Crippen molar-refractivity contribution in [1.29, 1.82) is 0 Å². The van der Waals surface area contributed by atoms with Gasteiger partial charge in [0.05, 0.1) is 0 Å². The fourth-order valence-electron chi connectivity index (χ4n) is 1.89. The summed E-state index contributed by atoms with van der Waals surface area (Å²) in [5, 5.41) is 10.5. The number of nitrogens with one attached hydrogen (secondary N) is 2. The highest BCUT2D eigenvalue weighted by Crippen LogP contribution is 2.30. The van der Waals surface area contributed by atoms with Crippen LogP contribution in [0.25, 0.3) is 0 Å². The highest BCUT2D eigenvalue weighted by molar-refractivity contribution is 7.07. The van der Waals surface area contributed by atoms with E-state index >= 15 is 0 Å². The third kappa shape index (κ3) is 3.35. The molecule has 0 aliphatic heterocycles. The molecule has 0 radical (unpaired) electrons. The zero-order valence-corrected chi connectivity index (χ0v) is 11.4. The van der Waals surface area contributed by atoms with Gasteiger partial charge in [-0.1, -0.05) is 6.07 Å². The molecule has 1 fully saturated rings. The lowest BCUT2D eigenvalue weighted by molar-refractivity contribution is -0.117. The van der Waals surface area contributed by atoms with Crippen LogP contribution in [0.2, 0.25) is 0 Å². The van der Waals surface area contributed by atoms with Crippen molar-refractivity contribution in [2.45, 2.75) is 19.4 Å². The van der Waals surface area contributed by atoms with Gasteiger partial charge >= 0.3 is 0 Å². The van der Waals surface area contributed by atoms with Gasteiger partial charge in [0.25, 0.3) is 0 Å². The summed E-state index contributed by atoms with van der Waals surface area (Å²) in [5.41, 5.74) is 3.17. The first-order valence-electron chi connectivity index (χ1n) is 6.47.